The minimum absolute atomic E-state index is 0.109. The zero-order valence-electron chi connectivity index (χ0n) is 12.1. The van der Waals surface area contributed by atoms with Gasteiger partial charge in [-0.05, 0) is 29.7 Å². The van der Waals surface area contributed by atoms with Crippen LogP contribution in [-0.4, -0.2) is 11.6 Å². The van der Waals surface area contributed by atoms with Crippen LogP contribution in [0.25, 0.3) is 0 Å². The van der Waals surface area contributed by atoms with E-state index in [2.05, 4.69) is 24.3 Å². The summed E-state index contributed by atoms with van der Waals surface area (Å²) in [5.74, 6) is -0.401. The fraction of sp³-hybridized carbons (Fsp3) is 0.263. The van der Waals surface area contributed by atoms with Crippen molar-refractivity contribution < 1.29 is 9.59 Å². The lowest BCUT2D eigenvalue weighted by atomic mass is 9.72. The number of hydrogen-bond donors (Lipinski definition) is 0. The molecule has 2 aliphatic rings. The molecule has 0 radical (unpaired) electrons. The van der Waals surface area contributed by atoms with Crippen molar-refractivity contribution in [3.8, 4) is 0 Å². The second kappa shape index (κ2) is 5.40. The molecule has 2 aromatic carbocycles. The van der Waals surface area contributed by atoms with Gasteiger partial charge in [0.05, 0.1) is 5.92 Å². The predicted molar refractivity (Wildman–Crippen MR) is 86.2 cm³/mol. The quantitative estimate of drug-likeness (QED) is 0.740. The molecule has 1 aliphatic heterocycles. The third-order valence-corrected chi connectivity index (χ3v) is 5.78. The highest BCUT2D eigenvalue weighted by molar-refractivity contribution is 7.99. The molecule has 0 spiro atoms. The fourth-order valence-corrected chi connectivity index (χ4v) is 4.76. The monoisotopic (exact) mass is 308 g/mol. The molecule has 0 aromatic heterocycles. The predicted octanol–water partition coefficient (Wildman–Crippen LogP) is 4.22. The lowest BCUT2D eigenvalue weighted by Crippen LogP contribution is -2.35. The molecular weight excluding hydrogens is 292 g/mol. The van der Waals surface area contributed by atoms with Gasteiger partial charge in [0.2, 0.25) is 0 Å². The van der Waals surface area contributed by atoms with Crippen molar-refractivity contribution in [1.29, 1.82) is 0 Å². The maximum Gasteiger partial charge on any atom is 0.144 e. The Labute approximate surface area is 133 Å². The highest BCUT2D eigenvalue weighted by Gasteiger charge is 2.41. The molecule has 0 atom stereocenters. The first kappa shape index (κ1) is 13.8. The van der Waals surface area contributed by atoms with Gasteiger partial charge < -0.3 is 0 Å². The van der Waals surface area contributed by atoms with Gasteiger partial charge in [-0.2, -0.15) is 0 Å². The van der Waals surface area contributed by atoms with Crippen molar-refractivity contribution >= 4 is 23.3 Å². The van der Waals surface area contributed by atoms with Crippen LogP contribution in [0, 0.1) is 5.92 Å². The highest BCUT2D eigenvalue weighted by Crippen LogP contribution is 2.49. The van der Waals surface area contributed by atoms with Crippen LogP contribution in [0.5, 0.6) is 0 Å². The van der Waals surface area contributed by atoms with Crippen LogP contribution in [0.1, 0.15) is 36.3 Å². The summed E-state index contributed by atoms with van der Waals surface area (Å²) < 4.78 is 0. The van der Waals surface area contributed by atoms with E-state index in [9.17, 15) is 9.59 Å². The molecule has 3 heteroatoms. The lowest BCUT2D eigenvalue weighted by Gasteiger charge is -2.34. The van der Waals surface area contributed by atoms with Crippen molar-refractivity contribution in [3.63, 3.8) is 0 Å². The maximum absolute atomic E-state index is 12.5. The van der Waals surface area contributed by atoms with Crippen molar-refractivity contribution in [2.75, 3.05) is 0 Å². The van der Waals surface area contributed by atoms with Gasteiger partial charge in [0, 0.05) is 28.6 Å². The first-order chi connectivity index (χ1) is 10.8. The standard InChI is InChI=1S/C19H16O2S/c20-14-8-5-9-15(21)19(14)18-12-6-1-3-10-16(12)22-17-11-4-2-7-13(17)18/h1-4,6-7,10-11,18-19H,5,8-9H2. The van der Waals surface area contributed by atoms with Gasteiger partial charge in [-0.1, -0.05) is 48.2 Å². The first-order valence-electron chi connectivity index (χ1n) is 7.67. The third-order valence-electron chi connectivity index (χ3n) is 4.60. The van der Waals surface area contributed by atoms with Gasteiger partial charge in [0.15, 0.2) is 0 Å². The molecule has 1 heterocycles. The van der Waals surface area contributed by atoms with Gasteiger partial charge in [-0.25, -0.2) is 0 Å². The summed E-state index contributed by atoms with van der Waals surface area (Å²) in [4.78, 5) is 27.3. The van der Waals surface area contributed by atoms with Crippen molar-refractivity contribution in [3.05, 3.63) is 59.7 Å². The van der Waals surface area contributed by atoms with Gasteiger partial charge >= 0.3 is 0 Å². The van der Waals surface area contributed by atoms with E-state index in [1.165, 1.54) is 0 Å². The molecule has 0 unspecified atom stereocenters. The fourth-order valence-electron chi connectivity index (χ4n) is 3.61. The number of rotatable bonds is 1. The van der Waals surface area contributed by atoms with Gasteiger partial charge in [-0.3, -0.25) is 9.59 Å². The van der Waals surface area contributed by atoms with Crippen LogP contribution in [0.2, 0.25) is 0 Å². The van der Waals surface area contributed by atoms with Gasteiger partial charge in [0.25, 0.3) is 0 Å². The Hall–Kier alpha value is -1.87. The van der Waals surface area contributed by atoms with E-state index in [1.54, 1.807) is 11.8 Å². The number of benzene rings is 2. The molecule has 1 aliphatic carbocycles. The Morgan fingerprint density at radius 2 is 1.23 bits per heavy atom. The molecule has 0 N–H and O–H groups in total. The minimum atomic E-state index is -0.503. The molecule has 2 aromatic rings. The minimum Gasteiger partial charge on any atom is -0.299 e. The van der Waals surface area contributed by atoms with Crippen LogP contribution in [-0.2, 0) is 9.59 Å². The van der Waals surface area contributed by atoms with Crippen LogP contribution in [0.4, 0.5) is 0 Å². The van der Waals surface area contributed by atoms with Crippen molar-refractivity contribution in [2.45, 2.75) is 35.0 Å². The second-order valence-corrected chi connectivity index (χ2v) is 7.00. The number of carbonyl (C=O) groups excluding carboxylic acids is 2. The largest absolute Gasteiger partial charge is 0.299 e. The summed E-state index contributed by atoms with van der Waals surface area (Å²) >= 11 is 1.73. The molecule has 22 heavy (non-hydrogen) atoms. The van der Waals surface area contributed by atoms with E-state index in [0.29, 0.717) is 19.3 Å². The molecule has 0 bridgehead atoms. The lowest BCUT2D eigenvalue weighted by molar-refractivity contribution is -0.136. The molecule has 1 fully saturated rings. The van der Waals surface area contributed by atoms with Gasteiger partial charge in [-0.15, -0.1) is 0 Å². The van der Waals surface area contributed by atoms with E-state index in [1.807, 2.05) is 24.3 Å². The molecule has 110 valence electrons. The Kier molecular flexibility index (Phi) is 3.38. The van der Waals surface area contributed by atoms with Crippen molar-refractivity contribution in [2.24, 2.45) is 5.92 Å². The number of fused-ring (bicyclic) bond motifs is 2. The summed E-state index contributed by atoms with van der Waals surface area (Å²) in [5.41, 5.74) is 2.25. The van der Waals surface area contributed by atoms with E-state index < -0.39 is 5.92 Å². The molecule has 2 nitrogen and oxygen atoms in total. The van der Waals surface area contributed by atoms with Crippen LogP contribution < -0.4 is 0 Å². The molecular formula is C19H16O2S. The summed E-state index contributed by atoms with van der Waals surface area (Å²) in [6.07, 6.45) is 1.77. The smallest absolute Gasteiger partial charge is 0.144 e. The number of hydrogen-bond acceptors (Lipinski definition) is 3. The Morgan fingerprint density at radius 1 is 0.727 bits per heavy atom. The zero-order valence-corrected chi connectivity index (χ0v) is 12.9. The number of carbonyl (C=O) groups is 2. The molecule has 4 rings (SSSR count). The number of Topliss-reactive ketones (excluding diaryl/α,β-unsaturated/α-hetero) is 2. The van der Waals surface area contributed by atoms with E-state index in [4.69, 9.17) is 0 Å². The molecule has 0 amide bonds. The van der Waals surface area contributed by atoms with E-state index in [0.717, 1.165) is 20.9 Å². The normalized spacial score (nSPS) is 18.9. The number of ketones is 2. The SMILES string of the molecule is O=C1CCCC(=O)C1C1c2ccccc2Sc2ccccc21. The Balaban J connectivity index is 1.91. The third kappa shape index (κ3) is 2.12. The average Bonchev–Trinajstić information content (AvgIpc) is 2.54. The zero-order chi connectivity index (χ0) is 15.1. The topological polar surface area (TPSA) is 34.1 Å². The van der Waals surface area contributed by atoms with Gasteiger partial charge in [0.1, 0.15) is 11.6 Å². The summed E-state index contributed by atoms with van der Waals surface area (Å²) in [6, 6.07) is 16.3. The summed E-state index contributed by atoms with van der Waals surface area (Å²) in [7, 11) is 0. The van der Waals surface area contributed by atoms with Crippen molar-refractivity contribution in [1.82, 2.24) is 0 Å². The highest BCUT2D eigenvalue weighted by atomic mass is 32.2. The second-order valence-electron chi connectivity index (χ2n) is 5.92. The van der Waals surface area contributed by atoms with Crippen LogP contribution in [0.15, 0.2) is 58.3 Å². The van der Waals surface area contributed by atoms with Crippen LogP contribution in [0.3, 0.4) is 0 Å². The average molecular weight is 308 g/mol. The molecule has 0 saturated heterocycles. The van der Waals surface area contributed by atoms with E-state index >= 15 is 0 Å². The Morgan fingerprint density at radius 3 is 1.77 bits per heavy atom. The van der Waals surface area contributed by atoms with Crippen LogP contribution >= 0.6 is 11.8 Å². The summed E-state index contributed by atoms with van der Waals surface area (Å²) in [5, 5.41) is 0. The first-order valence-corrected chi connectivity index (χ1v) is 8.48. The Bertz CT molecular complexity index is 704. The molecule has 1 saturated carbocycles. The summed E-state index contributed by atoms with van der Waals surface area (Å²) in [6.45, 7) is 0. The van der Waals surface area contributed by atoms with E-state index in [-0.39, 0.29) is 17.5 Å². The maximum atomic E-state index is 12.5.